The first-order valence-corrected chi connectivity index (χ1v) is 10.3. The summed E-state index contributed by atoms with van der Waals surface area (Å²) in [6.45, 7) is 3.38. The lowest BCUT2D eigenvalue weighted by molar-refractivity contribution is -0.148. The first kappa shape index (κ1) is 17.0. The molecule has 2 aliphatic heterocycles. The lowest BCUT2D eigenvalue weighted by Gasteiger charge is -2.24. The van der Waals surface area contributed by atoms with Crippen LogP contribution < -0.4 is 0 Å². The molecule has 3 fully saturated rings. The lowest BCUT2D eigenvalue weighted by atomic mass is 9.81. The van der Waals surface area contributed by atoms with Gasteiger partial charge in [0.1, 0.15) is 5.76 Å². The van der Waals surface area contributed by atoms with E-state index < -0.39 is 21.4 Å². The van der Waals surface area contributed by atoms with Crippen molar-refractivity contribution in [2.45, 2.75) is 32.2 Å². The molecule has 2 atom stereocenters. The van der Waals surface area contributed by atoms with Gasteiger partial charge in [0.2, 0.25) is 10.0 Å². The molecule has 4 rings (SSSR count). The standard InChI is InChI=1S/C16H23N3O5S/c1-2-25(22,23)19-7-12-6-18(9-16(12,10-19)15(20)21)8-13-5-14(24-17-13)11-3-4-11/h5,11-12H,2-4,6-10H2,1H3,(H,20,21)/t12-,16-/m1/s1. The van der Waals surface area contributed by atoms with E-state index in [9.17, 15) is 18.3 Å². The van der Waals surface area contributed by atoms with Gasteiger partial charge in [0.25, 0.3) is 0 Å². The van der Waals surface area contributed by atoms with Gasteiger partial charge in [-0.05, 0) is 19.8 Å². The second-order valence-corrected chi connectivity index (χ2v) is 9.77. The van der Waals surface area contributed by atoms with E-state index in [0.717, 1.165) is 24.3 Å². The van der Waals surface area contributed by atoms with Crippen LogP contribution in [-0.4, -0.2) is 65.8 Å². The quantitative estimate of drug-likeness (QED) is 0.788. The molecule has 0 unspecified atom stereocenters. The SMILES string of the molecule is CCS(=O)(=O)N1C[C@H]2CN(Cc3cc(C4CC4)on3)C[C@@]2(C(=O)O)C1. The molecule has 138 valence electrons. The number of carboxylic acid groups (broad SMARTS) is 1. The molecule has 0 bridgehead atoms. The Kier molecular flexibility index (Phi) is 3.93. The van der Waals surface area contributed by atoms with Gasteiger partial charge in [0.05, 0.1) is 16.9 Å². The van der Waals surface area contributed by atoms with E-state index >= 15 is 0 Å². The van der Waals surface area contributed by atoms with E-state index in [1.807, 2.05) is 6.07 Å². The van der Waals surface area contributed by atoms with Gasteiger partial charge in [0, 0.05) is 50.6 Å². The summed E-state index contributed by atoms with van der Waals surface area (Å²) in [6, 6.07) is 1.97. The van der Waals surface area contributed by atoms with Crippen molar-refractivity contribution < 1.29 is 22.8 Å². The number of hydrogen-bond donors (Lipinski definition) is 1. The third-order valence-electron chi connectivity index (χ3n) is 5.77. The predicted molar refractivity (Wildman–Crippen MR) is 88.3 cm³/mol. The number of fused-ring (bicyclic) bond motifs is 1. The average Bonchev–Trinajstić information content (AvgIpc) is 3.03. The predicted octanol–water partition coefficient (Wildman–Crippen LogP) is 0.720. The summed E-state index contributed by atoms with van der Waals surface area (Å²) in [5.74, 6) is 0.316. The zero-order valence-electron chi connectivity index (χ0n) is 14.2. The van der Waals surface area contributed by atoms with Crippen LogP contribution in [-0.2, 0) is 21.4 Å². The summed E-state index contributed by atoms with van der Waals surface area (Å²) in [5.41, 5.74) is -0.203. The number of likely N-dealkylation sites (tertiary alicyclic amines) is 1. The molecule has 1 aromatic rings. The molecule has 0 amide bonds. The molecule has 3 aliphatic rings. The van der Waals surface area contributed by atoms with Gasteiger partial charge < -0.3 is 9.63 Å². The molecule has 25 heavy (non-hydrogen) atoms. The molecule has 0 radical (unpaired) electrons. The minimum Gasteiger partial charge on any atom is -0.481 e. The Hall–Kier alpha value is -1.45. The Bertz CT molecular complexity index is 787. The van der Waals surface area contributed by atoms with Gasteiger partial charge in [0.15, 0.2) is 0 Å². The van der Waals surface area contributed by atoms with Crippen molar-refractivity contribution in [2.24, 2.45) is 11.3 Å². The summed E-state index contributed by atoms with van der Waals surface area (Å²) >= 11 is 0. The summed E-state index contributed by atoms with van der Waals surface area (Å²) in [6.07, 6.45) is 2.29. The van der Waals surface area contributed by atoms with Crippen molar-refractivity contribution in [2.75, 3.05) is 31.9 Å². The van der Waals surface area contributed by atoms with Crippen molar-refractivity contribution in [1.29, 1.82) is 0 Å². The highest BCUT2D eigenvalue weighted by molar-refractivity contribution is 7.89. The fraction of sp³-hybridized carbons (Fsp3) is 0.750. The first-order chi connectivity index (χ1) is 11.8. The highest BCUT2D eigenvalue weighted by atomic mass is 32.2. The van der Waals surface area contributed by atoms with Crippen molar-refractivity contribution in [1.82, 2.24) is 14.4 Å². The van der Waals surface area contributed by atoms with Crippen molar-refractivity contribution in [3.63, 3.8) is 0 Å². The Balaban J connectivity index is 1.48. The molecule has 9 heteroatoms. The third-order valence-corrected chi connectivity index (χ3v) is 7.57. The fourth-order valence-corrected chi connectivity index (χ4v) is 5.33. The average molecular weight is 369 g/mol. The van der Waals surface area contributed by atoms with Gasteiger partial charge in [-0.1, -0.05) is 5.16 Å². The molecule has 0 aromatic carbocycles. The number of carbonyl (C=O) groups is 1. The van der Waals surface area contributed by atoms with Crippen LogP contribution in [0, 0.1) is 11.3 Å². The van der Waals surface area contributed by atoms with Gasteiger partial charge >= 0.3 is 5.97 Å². The lowest BCUT2D eigenvalue weighted by Crippen LogP contribution is -2.42. The number of nitrogens with zero attached hydrogens (tertiary/aromatic N) is 3. The van der Waals surface area contributed by atoms with Crippen molar-refractivity contribution >= 4 is 16.0 Å². The van der Waals surface area contributed by atoms with Crippen LogP contribution in [0.1, 0.15) is 37.1 Å². The molecular formula is C16H23N3O5S. The Morgan fingerprint density at radius 3 is 2.76 bits per heavy atom. The first-order valence-electron chi connectivity index (χ1n) is 8.73. The number of aliphatic carboxylic acids is 1. The minimum absolute atomic E-state index is 0.00200. The number of hydrogen-bond acceptors (Lipinski definition) is 6. The molecule has 1 saturated carbocycles. The van der Waals surface area contributed by atoms with Crippen LogP contribution in [0.25, 0.3) is 0 Å². The van der Waals surface area contributed by atoms with Crippen LogP contribution in [0.3, 0.4) is 0 Å². The fourth-order valence-electron chi connectivity index (χ4n) is 4.13. The van der Waals surface area contributed by atoms with E-state index in [1.165, 1.54) is 4.31 Å². The Morgan fingerprint density at radius 2 is 2.16 bits per heavy atom. The van der Waals surface area contributed by atoms with Crippen LogP contribution in [0.4, 0.5) is 0 Å². The second kappa shape index (κ2) is 5.78. The van der Waals surface area contributed by atoms with Crippen molar-refractivity contribution in [3.05, 3.63) is 17.5 Å². The summed E-state index contributed by atoms with van der Waals surface area (Å²) in [4.78, 5) is 14.0. The molecule has 2 saturated heterocycles. The van der Waals surface area contributed by atoms with E-state index in [1.54, 1.807) is 6.92 Å². The van der Waals surface area contributed by atoms with Crippen molar-refractivity contribution in [3.8, 4) is 0 Å². The Morgan fingerprint density at radius 1 is 1.40 bits per heavy atom. The largest absolute Gasteiger partial charge is 0.481 e. The molecule has 1 N–H and O–H groups in total. The van der Waals surface area contributed by atoms with E-state index in [4.69, 9.17) is 4.52 Å². The van der Waals surface area contributed by atoms with E-state index in [0.29, 0.717) is 25.6 Å². The maximum absolute atomic E-state index is 12.1. The smallest absolute Gasteiger partial charge is 0.312 e. The van der Waals surface area contributed by atoms with Crippen LogP contribution >= 0.6 is 0 Å². The number of sulfonamides is 1. The molecule has 8 nitrogen and oxygen atoms in total. The Labute approximate surface area is 146 Å². The van der Waals surface area contributed by atoms with Crippen LogP contribution in [0.15, 0.2) is 10.6 Å². The molecular weight excluding hydrogens is 346 g/mol. The molecule has 1 aromatic heterocycles. The number of carboxylic acids is 1. The summed E-state index contributed by atoms with van der Waals surface area (Å²) in [7, 11) is -3.36. The zero-order valence-corrected chi connectivity index (χ0v) is 15.0. The molecule has 1 aliphatic carbocycles. The van der Waals surface area contributed by atoms with Crippen LogP contribution in [0.2, 0.25) is 0 Å². The topological polar surface area (TPSA) is 104 Å². The maximum atomic E-state index is 12.1. The van der Waals surface area contributed by atoms with Crippen LogP contribution in [0.5, 0.6) is 0 Å². The highest BCUT2D eigenvalue weighted by Crippen LogP contribution is 2.44. The maximum Gasteiger partial charge on any atom is 0.312 e. The number of aromatic nitrogens is 1. The van der Waals surface area contributed by atoms with E-state index in [2.05, 4.69) is 10.1 Å². The summed E-state index contributed by atoms with van der Waals surface area (Å²) < 4.78 is 31.0. The third kappa shape index (κ3) is 2.88. The molecule has 0 spiro atoms. The summed E-state index contributed by atoms with van der Waals surface area (Å²) in [5, 5.41) is 13.9. The van der Waals surface area contributed by atoms with Gasteiger partial charge in [-0.25, -0.2) is 12.7 Å². The zero-order chi connectivity index (χ0) is 17.8. The monoisotopic (exact) mass is 369 g/mol. The van der Waals surface area contributed by atoms with Gasteiger partial charge in [-0.2, -0.15) is 0 Å². The second-order valence-electron chi connectivity index (χ2n) is 7.52. The molecule has 3 heterocycles. The van der Waals surface area contributed by atoms with Gasteiger partial charge in [-0.3, -0.25) is 9.69 Å². The minimum atomic E-state index is -3.36. The van der Waals surface area contributed by atoms with E-state index in [-0.39, 0.29) is 24.8 Å². The number of rotatable bonds is 6. The highest BCUT2D eigenvalue weighted by Gasteiger charge is 2.59. The van der Waals surface area contributed by atoms with Gasteiger partial charge in [-0.15, -0.1) is 0 Å². The normalized spacial score (nSPS) is 30.7.